The summed E-state index contributed by atoms with van der Waals surface area (Å²) in [7, 11) is 3.06. The summed E-state index contributed by atoms with van der Waals surface area (Å²) in [6.07, 6.45) is 5.57. The number of carbonyl (C=O) groups excluding carboxylic acids is 2. The molecule has 1 saturated carbocycles. The Bertz CT molecular complexity index is 1870. The first kappa shape index (κ1) is 33.1. The van der Waals surface area contributed by atoms with Gasteiger partial charge in [0.25, 0.3) is 0 Å². The number of aromatic amines is 1. The minimum Gasteiger partial charge on any atom is -0.493 e. The first-order chi connectivity index (χ1) is 23.7. The molecule has 3 unspecified atom stereocenters. The summed E-state index contributed by atoms with van der Waals surface area (Å²) in [6, 6.07) is 13.2. The largest absolute Gasteiger partial charge is 0.493 e. The fourth-order valence-corrected chi connectivity index (χ4v) is 7.73. The Hall–Kier alpha value is -4.45. The van der Waals surface area contributed by atoms with Gasteiger partial charge in [-0.3, -0.25) is 14.8 Å². The number of hydrogen-bond donors (Lipinski definition) is 0. The molecule has 2 aromatic carbocycles. The fourth-order valence-electron chi connectivity index (χ4n) is 7.20. The number of anilines is 1. The second-order valence-electron chi connectivity index (χ2n) is 12.5. The second-order valence-corrected chi connectivity index (χ2v) is 13.4. The molecule has 2 aromatic heterocycles. The number of benzene rings is 2. The summed E-state index contributed by atoms with van der Waals surface area (Å²) in [5.74, 6) is 0.552. The molecule has 1 aliphatic carbocycles. The standard InChI is InChI=1S/C36H33Cl2FN4O6/c1-46-31-8-7-23(11-33(31)47-2)32(13-26-29(37)16-41-17-30(26)38)48-34(44)22-5-3-21(4-6-22)18-43(25-12-24(39)14-40-15-25)35(45)49-36-20-42-10-9-27(36)28(36)19-42/h3-8,11-12,14-17,27-28,32H,9-10,13,18-20H2,1-2H3/p+1/t27?,28?,32-,36+/m0/s1. The minimum atomic E-state index is -0.789. The number of nitrogens with one attached hydrogen (secondary N) is 1. The van der Waals surface area contributed by atoms with Crippen LogP contribution in [0, 0.1) is 17.7 Å². The average molecular weight is 709 g/mol. The molecule has 4 aliphatic rings. The third-order valence-corrected chi connectivity index (χ3v) is 10.4. The highest BCUT2D eigenvalue weighted by molar-refractivity contribution is 6.35. The van der Waals surface area contributed by atoms with Crippen molar-refractivity contribution in [1.29, 1.82) is 0 Å². The Morgan fingerprint density at radius 3 is 2.43 bits per heavy atom. The van der Waals surface area contributed by atoms with Crippen molar-refractivity contribution in [3.05, 3.63) is 111 Å². The molecule has 3 aliphatic heterocycles. The fraction of sp³-hybridized carbons (Fsp3) is 0.333. The molecule has 1 amide bonds. The quantitative estimate of drug-likeness (QED) is 0.166. The van der Waals surface area contributed by atoms with E-state index in [1.54, 1.807) is 54.9 Å². The topological polar surface area (TPSA) is 105 Å². The molecule has 13 heteroatoms. The molecule has 10 nitrogen and oxygen atoms in total. The highest BCUT2D eigenvalue weighted by Gasteiger charge is 2.74. The zero-order valence-corrected chi connectivity index (χ0v) is 28.3. The average Bonchev–Trinajstić information content (AvgIpc) is 3.60. The number of aromatic nitrogens is 2. The van der Waals surface area contributed by atoms with Crippen molar-refractivity contribution >= 4 is 41.0 Å². The van der Waals surface area contributed by atoms with E-state index in [2.05, 4.69) is 14.9 Å². The first-order valence-electron chi connectivity index (χ1n) is 15.9. The number of amides is 1. The molecule has 3 saturated heterocycles. The van der Waals surface area contributed by atoms with E-state index in [0.29, 0.717) is 50.1 Å². The summed E-state index contributed by atoms with van der Waals surface area (Å²) in [5, 5.41) is 0.786. The number of rotatable bonds is 11. The molecule has 5 heterocycles. The normalized spacial score (nSPS) is 22.2. The minimum absolute atomic E-state index is 0.0741. The van der Waals surface area contributed by atoms with Crippen LogP contribution < -0.4 is 19.4 Å². The number of carbonyl (C=O) groups is 2. The van der Waals surface area contributed by atoms with Crippen LogP contribution in [0.1, 0.15) is 39.6 Å². The van der Waals surface area contributed by atoms with Gasteiger partial charge in [0.15, 0.2) is 23.9 Å². The van der Waals surface area contributed by atoms with E-state index in [4.69, 9.17) is 42.1 Å². The molecular formula is C36H34Cl2FN4O6+. The zero-order chi connectivity index (χ0) is 34.3. The van der Waals surface area contributed by atoms with Gasteiger partial charge in [0.2, 0.25) is 0 Å². The Balaban J connectivity index is 1.10. The van der Waals surface area contributed by atoms with Crippen LogP contribution in [0.3, 0.4) is 0 Å². The molecule has 254 valence electrons. The van der Waals surface area contributed by atoms with Gasteiger partial charge in [-0.05, 0) is 48.4 Å². The number of halogens is 3. The lowest BCUT2D eigenvalue weighted by Gasteiger charge is -2.31. The maximum atomic E-state index is 14.2. The molecule has 5 atom stereocenters. The van der Waals surface area contributed by atoms with Gasteiger partial charge in [-0.25, -0.2) is 19.0 Å². The predicted molar refractivity (Wildman–Crippen MR) is 178 cm³/mol. The van der Waals surface area contributed by atoms with Gasteiger partial charge in [-0.1, -0.05) is 41.4 Å². The summed E-state index contributed by atoms with van der Waals surface area (Å²) in [4.78, 5) is 37.8. The van der Waals surface area contributed by atoms with Crippen LogP contribution in [0.25, 0.3) is 0 Å². The smallest absolute Gasteiger partial charge is 0.415 e. The zero-order valence-electron chi connectivity index (χ0n) is 26.8. The van der Waals surface area contributed by atoms with Crippen LogP contribution in [0.15, 0.2) is 73.3 Å². The molecule has 4 bridgehead atoms. The van der Waals surface area contributed by atoms with Crippen LogP contribution in [0.4, 0.5) is 14.9 Å². The van der Waals surface area contributed by atoms with E-state index < -0.39 is 29.6 Å². The highest BCUT2D eigenvalue weighted by Crippen LogP contribution is 2.63. The number of methoxy groups -OCH3 is 2. The van der Waals surface area contributed by atoms with E-state index in [1.165, 1.54) is 31.4 Å². The van der Waals surface area contributed by atoms with E-state index in [9.17, 15) is 14.0 Å². The van der Waals surface area contributed by atoms with Gasteiger partial charge in [0, 0.05) is 43.0 Å². The number of piperidine rings is 3. The first-order valence-corrected chi connectivity index (χ1v) is 16.6. The third-order valence-electron chi connectivity index (χ3n) is 9.76. The third kappa shape index (κ3) is 6.50. The van der Waals surface area contributed by atoms with Crippen LogP contribution in [0.2, 0.25) is 10.0 Å². The maximum absolute atomic E-state index is 14.2. The monoisotopic (exact) mass is 707 g/mol. The summed E-state index contributed by atoms with van der Waals surface area (Å²) in [5.41, 5.74) is 2.02. The van der Waals surface area contributed by atoms with Crippen molar-refractivity contribution in [2.45, 2.75) is 31.1 Å². The van der Waals surface area contributed by atoms with Crippen molar-refractivity contribution in [2.24, 2.45) is 11.8 Å². The van der Waals surface area contributed by atoms with Crippen molar-refractivity contribution in [1.82, 2.24) is 9.88 Å². The van der Waals surface area contributed by atoms with Crippen molar-refractivity contribution in [2.75, 3.05) is 38.8 Å². The molecule has 0 spiro atoms. The lowest BCUT2D eigenvalue weighted by atomic mass is 10.0. The molecule has 4 fully saturated rings. The van der Waals surface area contributed by atoms with Gasteiger partial charge >= 0.3 is 12.1 Å². The second kappa shape index (κ2) is 13.5. The molecule has 49 heavy (non-hydrogen) atoms. The van der Waals surface area contributed by atoms with E-state index in [0.717, 1.165) is 32.3 Å². The SMILES string of the molecule is COc1ccc([C@H](Cc2c(Cl)c[nH+]cc2Cl)OC(=O)c2ccc(CN(C(=O)O[C@]34CN5CCC3C4C5)c3cncc(F)c3)cc2)cc1OC. The number of hydrogen-bond acceptors (Lipinski definition) is 8. The van der Waals surface area contributed by atoms with Gasteiger partial charge < -0.3 is 18.9 Å². The van der Waals surface area contributed by atoms with E-state index in [-0.39, 0.29) is 24.2 Å². The number of fused-ring (bicyclic) bond motifs is 1. The number of esters is 1. The Kier molecular flexibility index (Phi) is 9.08. The Morgan fingerprint density at radius 2 is 1.80 bits per heavy atom. The van der Waals surface area contributed by atoms with Crippen LogP contribution >= 0.6 is 23.2 Å². The van der Waals surface area contributed by atoms with Crippen LogP contribution in [-0.2, 0) is 22.4 Å². The molecule has 4 aromatic rings. The number of ether oxygens (including phenoxy) is 4. The number of H-pyrrole nitrogens is 1. The lowest BCUT2D eigenvalue weighted by molar-refractivity contribution is -0.377. The molecular weight excluding hydrogens is 674 g/mol. The van der Waals surface area contributed by atoms with Crippen molar-refractivity contribution in [3.63, 3.8) is 0 Å². The molecule has 8 rings (SSSR count). The highest BCUT2D eigenvalue weighted by atomic mass is 35.5. The number of pyridine rings is 2. The van der Waals surface area contributed by atoms with E-state index >= 15 is 0 Å². The Morgan fingerprint density at radius 1 is 1.04 bits per heavy atom. The van der Waals surface area contributed by atoms with Gasteiger partial charge in [0.1, 0.15) is 27.6 Å². The predicted octanol–water partition coefficient (Wildman–Crippen LogP) is 6.35. The van der Waals surface area contributed by atoms with Gasteiger partial charge in [0.05, 0.1) is 44.4 Å². The maximum Gasteiger partial charge on any atom is 0.415 e. The Labute approximate surface area is 292 Å². The summed E-state index contributed by atoms with van der Waals surface area (Å²) < 4.78 is 37.3. The number of nitrogens with zero attached hydrogens (tertiary/aromatic N) is 3. The van der Waals surface area contributed by atoms with Crippen LogP contribution in [-0.4, -0.2) is 61.4 Å². The lowest BCUT2D eigenvalue weighted by Crippen LogP contribution is -2.42. The van der Waals surface area contributed by atoms with Crippen LogP contribution in [0.5, 0.6) is 11.5 Å². The molecule has 0 radical (unpaired) electrons. The summed E-state index contributed by atoms with van der Waals surface area (Å²) >= 11 is 12.9. The van der Waals surface area contributed by atoms with Gasteiger partial charge in [-0.2, -0.15) is 0 Å². The summed E-state index contributed by atoms with van der Waals surface area (Å²) in [6.45, 7) is 2.76. The van der Waals surface area contributed by atoms with Crippen molar-refractivity contribution in [3.8, 4) is 11.5 Å². The molecule has 1 N–H and O–H groups in total. The van der Waals surface area contributed by atoms with Gasteiger partial charge in [-0.15, -0.1) is 0 Å². The van der Waals surface area contributed by atoms with E-state index in [1.807, 2.05) is 0 Å². The van der Waals surface area contributed by atoms with Crippen molar-refractivity contribution < 1.29 is 37.9 Å².